The van der Waals surface area contributed by atoms with Gasteiger partial charge in [0.2, 0.25) is 0 Å². The summed E-state index contributed by atoms with van der Waals surface area (Å²) >= 11 is 0. The summed E-state index contributed by atoms with van der Waals surface area (Å²) in [5.74, 6) is 1.99. The van der Waals surface area contributed by atoms with Crippen LogP contribution >= 0.6 is 0 Å². The molecular weight excluding hydrogens is 258 g/mol. The highest BCUT2D eigenvalue weighted by Gasteiger charge is 2.33. The van der Waals surface area contributed by atoms with Gasteiger partial charge in [0, 0.05) is 18.2 Å². The van der Waals surface area contributed by atoms with E-state index in [1.54, 1.807) is 0 Å². The first-order chi connectivity index (χ1) is 10.1. The average Bonchev–Trinajstić information content (AvgIpc) is 3.24. The average molecular weight is 283 g/mol. The van der Waals surface area contributed by atoms with Crippen molar-refractivity contribution in [3.63, 3.8) is 0 Å². The number of nitrogen functional groups attached to an aromatic ring is 1. The van der Waals surface area contributed by atoms with Gasteiger partial charge in [0.05, 0.1) is 11.0 Å². The summed E-state index contributed by atoms with van der Waals surface area (Å²) < 4.78 is 2.51. The number of rotatable bonds is 3. The quantitative estimate of drug-likeness (QED) is 0.845. The van der Waals surface area contributed by atoms with E-state index < -0.39 is 0 Å². The van der Waals surface area contributed by atoms with Gasteiger partial charge >= 0.3 is 0 Å². The number of nitrogens with zero attached hydrogens (tertiary/aromatic N) is 2. The summed E-state index contributed by atoms with van der Waals surface area (Å²) in [6, 6.07) is 6.21. The van der Waals surface area contributed by atoms with E-state index in [2.05, 4.69) is 17.6 Å². The second kappa shape index (κ2) is 4.75. The van der Waals surface area contributed by atoms with E-state index in [0.29, 0.717) is 11.3 Å². The van der Waals surface area contributed by atoms with Crippen molar-refractivity contribution in [2.75, 3.05) is 5.73 Å². The molecule has 0 spiro atoms. The summed E-state index contributed by atoms with van der Waals surface area (Å²) in [4.78, 5) is 4.92. The lowest BCUT2D eigenvalue weighted by atomic mass is 9.75. The van der Waals surface area contributed by atoms with E-state index in [1.165, 1.54) is 56.3 Å². The molecule has 3 nitrogen and oxygen atoms in total. The van der Waals surface area contributed by atoms with Crippen LogP contribution in [0.3, 0.4) is 0 Å². The first kappa shape index (κ1) is 13.2. The summed E-state index contributed by atoms with van der Waals surface area (Å²) in [6.07, 6.45) is 9.48. The standard InChI is InChI=1S/C18H25N3/c1-18(9-3-2-4-10-18)12-21-16-8-7-14(19)11-15(16)20-17(21)13-5-6-13/h7-8,11,13H,2-6,9-10,12,19H2,1H3. The molecule has 1 heterocycles. The number of aromatic nitrogens is 2. The normalized spacial score (nSPS) is 21.8. The fraction of sp³-hybridized carbons (Fsp3) is 0.611. The lowest BCUT2D eigenvalue weighted by Crippen LogP contribution is -2.26. The molecule has 0 atom stereocenters. The fourth-order valence-corrected chi connectivity index (χ4v) is 3.93. The van der Waals surface area contributed by atoms with Gasteiger partial charge in [0.15, 0.2) is 0 Å². The molecule has 2 aromatic rings. The third kappa shape index (κ3) is 2.43. The summed E-state index contributed by atoms with van der Waals surface area (Å²) in [5, 5.41) is 0. The van der Waals surface area contributed by atoms with E-state index in [0.717, 1.165) is 17.7 Å². The van der Waals surface area contributed by atoms with Crippen LogP contribution < -0.4 is 5.73 Å². The van der Waals surface area contributed by atoms with Crippen LogP contribution in [0.4, 0.5) is 5.69 Å². The Morgan fingerprint density at radius 3 is 2.71 bits per heavy atom. The third-order valence-corrected chi connectivity index (χ3v) is 5.34. The number of anilines is 1. The minimum atomic E-state index is 0.441. The van der Waals surface area contributed by atoms with Crippen molar-refractivity contribution in [1.82, 2.24) is 9.55 Å². The first-order valence-corrected chi connectivity index (χ1v) is 8.40. The summed E-state index contributed by atoms with van der Waals surface area (Å²) in [6.45, 7) is 3.59. The van der Waals surface area contributed by atoms with E-state index in [9.17, 15) is 0 Å². The van der Waals surface area contributed by atoms with E-state index >= 15 is 0 Å². The molecule has 0 bridgehead atoms. The second-order valence-electron chi connectivity index (χ2n) is 7.45. The van der Waals surface area contributed by atoms with E-state index in [-0.39, 0.29) is 0 Å². The number of fused-ring (bicyclic) bond motifs is 1. The maximum absolute atomic E-state index is 5.94. The molecule has 0 aliphatic heterocycles. The molecule has 1 aromatic heterocycles. The molecule has 0 saturated heterocycles. The Labute approximate surface area is 126 Å². The molecule has 1 aromatic carbocycles. The van der Waals surface area contributed by atoms with Gasteiger partial charge in [-0.15, -0.1) is 0 Å². The Kier molecular flexibility index (Phi) is 2.98. The van der Waals surface area contributed by atoms with E-state index in [4.69, 9.17) is 10.7 Å². The Bertz CT molecular complexity index is 660. The van der Waals surface area contributed by atoms with Crippen LogP contribution in [0.15, 0.2) is 18.2 Å². The fourth-order valence-electron chi connectivity index (χ4n) is 3.93. The van der Waals surface area contributed by atoms with Crippen LogP contribution in [-0.4, -0.2) is 9.55 Å². The molecule has 3 heteroatoms. The molecule has 112 valence electrons. The monoisotopic (exact) mass is 283 g/mol. The molecule has 2 saturated carbocycles. The smallest absolute Gasteiger partial charge is 0.113 e. The minimum absolute atomic E-state index is 0.441. The Hall–Kier alpha value is -1.51. The topological polar surface area (TPSA) is 43.8 Å². The van der Waals surface area contributed by atoms with Crippen LogP contribution in [0.5, 0.6) is 0 Å². The lowest BCUT2D eigenvalue weighted by Gasteiger charge is -2.34. The van der Waals surface area contributed by atoms with Crippen molar-refractivity contribution in [3.05, 3.63) is 24.0 Å². The van der Waals surface area contributed by atoms with Crippen molar-refractivity contribution < 1.29 is 0 Å². The number of benzene rings is 1. The van der Waals surface area contributed by atoms with Crippen LogP contribution in [0.25, 0.3) is 11.0 Å². The molecule has 4 rings (SSSR count). The highest BCUT2D eigenvalue weighted by atomic mass is 15.1. The van der Waals surface area contributed by atoms with Gasteiger partial charge in [-0.1, -0.05) is 26.2 Å². The maximum Gasteiger partial charge on any atom is 0.113 e. The molecule has 2 aliphatic carbocycles. The molecule has 2 N–H and O–H groups in total. The van der Waals surface area contributed by atoms with Gasteiger partial charge in [-0.2, -0.15) is 0 Å². The minimum Gasteiger partial charge on any atom is -0.399 e. The van der Waals surface area contributed by atoms with E-state index in [1.807, 2.05) is 12.1 Å². The molecule has 2 aliphatic rings. The molecule has 2 fully saturated rings. The molecule has 0 radical (unpaired) electrons. The lowest BCUT2D eigenvalue weighted by molar-refractivity contribution is 0.183. The Morgan fingerprint density at radius 1 is 1.24 bits per heavy atom. The van der Waals surface area contributed by atoms with Gasteiger partial charge in [0.25, 0.3) is 0 Å². The predicted octanol–water partition coefficient (Wildman–Crippen LogP) is 4.47. The Balaban J connectivity index is 1.76. The molecular formula is C18H25N3. The van der Waals surface area contributed by atoms with Gasteiger partial charge < -0.3 is 10.3 Å². The molecule has 0 amide bonds. The predicted molar refractivity (Wildman–Crippen MR) is 87.3 cm³/mol. The maximum atomic E-state index is 5.94. The van der Waals surface area contributed by atoms with Gasteiger partial charge in [0.1, 0.15) is 5.82 Å². The van der Waals surface area contributed by atoms with Gasteiger partial charge in [-0.05, 0) is 49.3 Å². The van der Waals surface area contributed by atoms with Crippen LogP contribution in [0.2, 0.25) is 0 Å². The largest absolute Gasteiger partial charge is 0.399 e. The summed E-state index contributed by atoms with van der Waals surface area (Å²) in [5.41, 5.74) is 9.55. The number of imidazole rings is 1. The zero-order valence-corrected chi connectivity index (χ0v) is 12.9. The van der Waals surface area contributed by atoms with Crippen LogP contribution in [0, 0.1) is 5.41 Å². The van der Waals surface area contributed by atoms with Crippen LogP contribution in [-0.2, 0) is 6.54 Å². The van der Waals surface area contributed by atoms with Crippen molar-refractivity contribution in [3.8, 4) is 0 Å². The molecule has 21 heavy (non-hydrogen) atoms. The van der Waals surface area contributed by atoms with Gasteiger partial charge in [-0.25, -0.2) is 4.98 Å². The second-order valence-corrected chi connectivity index (χ2v) is 7.45. The van der Waals surface area contributed by atoms with Crippen molar-refractivity contribution in [2.45, 2.75) is 64.3 Å². The highest BCUT2D eigenvalue weighted by Crippen LogP contribution is 2.43. The molecule has 0 unspecified atom stereocenters. The number of nitrogens with two attached hydrogens (primary N) is 1. The van der Waals surface area contributed by atoms with Crippen molar-refractivity contribution in [2.24, 2.45) is 5.41 Å². The van der Waals surface area contributed by atoms with Crippen molar-refractivity contribution in [1.29, 1.82) is 0 Å². The zero-order valence-electron chi connectivity index (χ0n) is 12.9. The number of hydrogen-bond acceptors (Lipinski definition) is 2. The zero-order chi connectivity index (χ0) is 14.4. The number of hydrogen-bond donors (Lipinski definition) is 1. The Morgan fingerprint density at radius 2 is 2.00 bits per heavy atom. The van der Waals surface area contributed by atoms with Crippen LogP contribution in [0.1, 0.15) is 63.6 Å². The van der Waals surface area contributed by atoms with Crippen molar-refractivity contribution >= 4 is 16.7 Å². The summed E-state index contributed by atoms with van der Waals surface area (Å²) in [7, 11) is 0. The SMILES string of the molecule is CC1(Cn2c(C3CC3)nc3cc(N)ccc32)CCCCC1. The van der Waals surface area contributed by atoms with Gasteiger partial charge in [-0.3, -0.25) is 0 Å². The first-order valence-electron chi connectivity index (χ1n) is 8.40. The third-order valence-electron chi connectivity index (χ3n) is 5.34. The highest BCUT2D eigenvalue weighted by molar-refractivity contribution is 5.80.